The van der Waals surface area contributed by atoms with Crippen LogP contribution in [0.5, 0.6) is 0 Å². The van der Waals surface area contributed by atoms with Crippen LogP contribution in [-0.2, 0) is 4.79 Å². The fourth-order valence-corrected chi connectivity index (χ4v) is 1.94. The zero-order valence-corrected chi connectivity index (χ0v) is 11.4. The summed E-state index contributed by atoms with van der Waals surface area (Å²) in [7, 11) is 0. The summed E-state index contributed by atoms with van der Waals surface area (Å²) in [5.74, 6) is 2.16. The molecule has 0 saturated carbocycles. The molecule has 1 atom stereocenters. The molecule has 96 valence electrons. The van der Waals surface area contributed by atoms with Gasteiger partial charge in [0, 0.05) is 13.0 Å². The van der Waals surface area contributed by atoms with Gasteiger partial charge in [-0.2, -0.15) is 0 Å². The van der Waals surface area contributed by atoms with Crippen molar-refractivity contribution in [3.05, 3.63) is 0 Å². The van der Waals surface area contributed by atoms with Crippen LogP contribution in [-0.4, -0.2) is 19.0 Å². The Kier molecular flexibility index (Phi) is 7.39. The largest absolute Gasteiger partial charge is 0.356 e. The third-order valence-electron chi connectivity index (χ3n) is 3.18. The van der Waals surface area contributed by atoms with Crippen molar-refractivity contribution in [2.24, 2.45) is 29.4 Å². The first-order valence-electron chi connectivity index (χ1n) is 6.35. The molecular weight excluding hydrogens is 200 g/mol. The Labute approximate surface area is 100 Å². The minimum atomic E-state index is 0.129. The lowest BCUT2D eigenvalue weighted by atomic mass is 9.85. The van der Waals surface area contributed by atoms with E-state index in [2.05, 4.69) is 33.0 Å². The zero-order chi connectivity index (χ0) is 12.7. The van der Waals surface area contributed by atoms with Crippen molar-refractivity contribution in [3.63, 3.8) is 0 Å². The first-order valence-corrected chi connectivity index (χ1v) is 6.35. The molecule has 0 rings (SSSR count). The van der Waals surface area contributed by atoms with E-state index >= 15 is 0 Å². The van der Waals surface area contributed by atoms with Crippen LogP contribution >= 0.6 is 0 Å². The van der Waals surface area contributed by atoms with Crippen molar-refractivity contribution in [3.8, 4) is 0 Å². The predicted octanol–water partition coefficient (Wildman–Crippen LogP) is 2.02. The van der Waals surface area contributed by atoms with Crippen LogP contribution in [0.15, 0.2) is 0 Å². The molecule has 3 N–H and O–H groups in total. The molecule has 0 radical (unpaired) electrons. The summed E-state index contributed by atoms with van der Waals surface area (Å²) in [6.07, 6.45) is 0.541. The molecule has 0 spiro atoms. The molecule has 0 aliphatic carbocycles. The number of nitrogens with two attached hydrogens (primary N) is 1. The minimum absolute atomic E-state index is 0.129. The van der Waals surface area contributed by atoms with E-state index in [1.54, 1.807) is 0 Å². The van der Waals surface area contributed by atoms with Crippen LogP contribution < -0.4 is 11.1 Å². The third-order valence-corrected chi connectivity index (χ3v) is 3.18. The molecule has 3 heteroatoms. The van der Waals surface area contributed by atoms with Gasteiger partial charge < -0.3 is 11.1 Å². The lowest BCUT2D eigenvalue weighted by Gasteiger charge is -2.25. The van der Waals surface area contributed by atoms with Crippen LogP contribution in [0.3, 0.4) is 0 Å². The van der Waals surface area contributed by atoms with Gasteiger partial charge in [0.25, 0.3) is 0 Å². The summed E-state index contributed by atoms with van der Waals surface area (Å²) in [5, 5.41) is 3.02. The Morgan fingerprint density at radius 2 is 1.62 bits per heavy atom. The quantitative estimate of drug-likeness (QED) is 0.700. The predicted molar refractivity (Wildman–Crippen MR) is 69.0 cm³/mol. The van der Waals surface area contributed by atoms with Crippen LogP contribution in [0.1, 0.15) is 41.0 Å². The number of carbonyl (C=O) groups excluding carboxylic acids is 1. The summed E-state index contributed by atoms with van der Waals surface area (Å²) >= 11 is 0. The van der Waals surface area contributed by atoms with E-state index in [1.807, 2.05) is 6.92 Å². The van der Waals surface area contributed by atoms with Gasteiger partial charge in [-0.3, -0.25) is 4.79 Å². The summed E-state index contributed by atoms with van der Waals surface area (Å²) in [6.45, 7) is 12.2. The van der Waals surface area contributed by atoms with Crippen molar-refractivity contribution in [2.45, 2.75) is 41.0 Å². The SMILES string of the molecule is CC(CN)CC(=O)NCC(C(C)C)C(C)C. The summed E-state index contributed by atoms with van der Waals surface area (Å²) in [4.78, 5) is 11.6. The van der Waals surface area contributed by atoms with E-state index in [4.69, 9.17) is 5.73 Å². The Morgan fingerprint density at radius 1 is 1.12 bits per heavy atom. The maximum absolute atomic E-state index is 11.6. The summed E-state index contributed by atoms with van der Waals surface area (Å²) in [6, 6.07) is 0. The first-order chi connectivity index (χ1) is 7.38. The number of hydrogen-bond acceptors (Lipinski definition) is 2. The molecule has 1 unspecified atom stereocenters. The number of rotatable bonds is 7. The van der Waals surface area contributed by atoms with Gasteiger partial charge in [-0.1, -0.05) is 34.6 Å². The maximum atomic E-state index is 11.6. The van der Waals surface area contributed by atoms with E-state index in [9.17, 15) is 4.79 Å². The van der Waals surface area contributed by atoms with Crippen molar-refractivity contribution < 1.29 is 4.79 Å². The van der Waals surface area contributed by atoms with E-state index in [0.717, 1.165) is 6.54 Å². The van der Waals surface area contributed by atoms with Crippen molar-refractivity contribution in [1.82, 2.24) is 5.32 Å². The van der Waals surface area contributed by atoms with E-state index in [-0.39, 0.29) is 11.8 Å². The molecule has 3 nitrogen and oxygen atoms in total. The van der Waals surface area contributed by atoms with Gasteiger partial charge in [0.1, 0.15) is 0 Å². The van der Waals surface area contributed by atoms with Gasteiger partial charge in [-0.25, -0.2) is 0 Å². The van der Waals surface area contributed by atoms with Gasteiger partial charge in [-0.15, -0.1) is 0 Å². The normalized spacial score (nSPS) is 13.6. The fourth-order valence-electron chi connectivity index (χ4n) is 1.94. The molecule has 0 aromatic carbocycles. The molecule has 0 saturated heterocycles. The van der Waals surface area contributed by atoms with Gasteiger partial charge in [0.15, 0.2) is 0 Å². The van der Waals surface area contributed by atoms with E-state index in [0.29, 0.717) is 30.7 Å². The molecule has 1 amide bonds. The highest BCUT2D eigenvalue weighted by Crippen LogP contribution is 2.19. The van der Waals surface area contributed by atoms with Crippen LogP contribution in [0.2, 0.25) is 0 Å². The molecule has 0 aromatic rings. The number of hydrogen-bond donors (Lipinski definition) is 2. The van der Waals surface area contributed by atoms with Crippen molar-refractivity contribution in [2.75, 3.05) is 13.1 Å². The fraction of sp³-hybridized carbons (Fsp3) is 0.923. The average molecular weight is 228 g/mol. The monoisotopic (exact) mass is 228 g/mol. The minimum Gasteiger partial charge on any atom is -0.356 e. The first kappa shape index (κ1) is 15.4. The van der Waals surface area contributed by atoms with E-state index in [1.165, 1.54) is 0 Å². The Morgan fingerprint density at radius 3 is 2.00 bits per heavy atom. The van der Waals surface area contributed by atoms with Gasteiger partial charge in [-0.05, 0) is 30.2 Å². The van der Waals surface area contributed by atoms with Crippen molar-refractivity contribution in [1.29, 1.82) is 0 Å². The van der Waals surface area contributed by atoms with Gasteiger partial charge >= 0.3 is 0 Å². The summed E-state index contributed by atoms with van der Waals surface area (Å²) in [5.41, 5.74) is 5.49. The molecule has 0 aliphatic rings. The standard InChI is InChI=1S/C13H28N2O/c1-9(2)12(10(3)4)8-15-13(16)6-11(5)7-14/h9-12H,6-8,14H2,1-5H3,(H,15,16). The molecule has 0 aromatic heterocycles. The number of amides is 1. The lowest BCUT2D eigenvalue weighted by Crippen LogP contribution is -2.35. The average Bonchev–Trinajstić information content (AvgIpc) is 2.16. The highest BCUT2D eigenvalue weighted by molar-refractivity contribution is 5.76. The molecule has 0 bridgehead atoms. The van der Waals surface area contributed by atoms with Crippen molar-refractivity contribution >= 4 is 5.91 Å². The number of nitrogens with one attached hydrogen (secondary N) is 1. The lowest BCUT2D eigenvalue weighted by molar-refractivity contribution is -0.122. The smallest absolute Gasteiger partial charge is 0.220 e. The molecule has 0 heterocycles. The van der Waals surface area contributed by atoms with E-state index < -0.39 is 0 Å². The molecule has 0 fully saturated rings. The van der Waals surface area contributed by atoms with Crippen LogP contribution in [0.4, 0.5) is 0 Å². The highest BCUT2D eigenvalue weighted by atomic mass is 16.1. The summed E-state index contributed by atoms with van der Waals surface area (Å²) < 4.78 is 0. The second kappa shape index (κ2) is 7.66. The molecule has 0 aliphatic heterocycles. The second-order valence-corrected chi connectivity index (χ2v) is 5.50. The third kappa shape index (κ3) is 6.11. The van der Waals surface area contributed by atoms with Gasteiger partial charge in [0.2, 0.25) is 5.91 Å². The zero-order valence-electron chi connectivity index (χ0n) is 11.4. The molecule has 16 heavy (non-hydrogen) atoms. The maximum Gasteiger partial charge on any atom is 0.220 e. The topological polar surface area (TPSA) is 55.1 Å². The highest BCUT2D eigenvalue weighted by Gasteiger charge is 2.18. The Balaban J connectivity index is 3.97. The molecular formula is C13H28N2O. The van der Waals surface area contributed by atoms with Gasteiger partial charge in [0.05, 0.1) is 0 Å². The van der Waals surface area contributed by atoms with Crippen LogP contribution in [0, 0.1) is 23.7 Å². The number of carbonyl (C=O) groups is 1. The Hall–Kier alpha value is -0.570. The van der Waals surface area contributed by atoms with Crippen LogP contribution in [0.25, 0.3) is 0 Å². The Bertz CT molecular complexity index is 194. The second-order valence-electron chi connectivity index (χ2n) is 5.50.